The lowest BCUT2D eigenvalue weighted by molar-refractivity contribution is 0.415. The minimum absolute atomic E-state index is 0.139. The number of anilines is 2. The van der Waals surface area contributed by atoms with Gasteiger partial charge in [0, 0.05) is 28.3 Å². The third-order valence-electron chi connectivity index (χ3n) is 4.82. The van der Waals surface area contributed by atoms with Crippen LogP contribution in [0.1, 0.15) is 5.56 Å². The second kappa shape index (κ2) is 8.80. The number of rotatable bonds is 5. The number of benzene rings is 3. The highest BCUT2D eigenvalue weighted by Gasteiger charge is 2.16. The standard InChI is InChI=1S/C24H21N3O2S/c1-29-20-13-11-19(12-14-20)27(24(30)25-18-7-3-2-4-8-18)16-17-15-23(28)26-22-10-6-5-9-21(17)22/h2-15H,16H2,1H3,(H,25,30)(H,26,28). The molecule has 6 heteroatoms. The molecule has 1 heterocycles. The second-order valence-corrected chi connectivity index (χ2v) is 7.17. The van der Waals surface area contributed by atoms with E-state index in [1.807, 2.05) is 83.8 Å². The molecular weight excluding hydrogens is 394 g/mol. The van der Waals surface area contributed by atoms with Gasteiger partial charge in [0.05, 0.1) is 13.7 Å². The first kappa shape index (κ1) is 19.7. The first-order chi connectivity index (χ1) is 14.6. The molecule has 0 unspecified atom stereocenters. The Balaban J connectivity index is 1.73. The predicted octanol–water partition coefficient (Wildman–Crippen LogP) is 4.94. The molecule has 150 valence electrons. The summed E-state index contributed by atoms with van der Waals surface area (Å²) < 4.78 is 5.28. The van der Waals surface area contributed by atoms with Gasteiger partial charge in [0.15, 0.2) is 5.11 Å². The normalized spacial score (nSPS) is 10.6. The summed E-state index contributed by atoms with van der Waals surface area (Å²) in [4.78, 5) is 17.1. The van der Waals surface area contributed by atoms with Crippen LogP contribution in [0.4, 0.5) is 11.4 Å². The van der Waals surface area contributed by atoms with Crippen LogP contribution in [0.3, 0.4) is 0 Å². The number of H-pyrrole nitrogens is 1. The molecule has 5 nitrogen and oxygen atoms in total. The quantitative estimate of drug-likeness (QED) is 0.452. The minimum Gasteiger partial charge on any atom is -0.497 e. The maximum atomic E-state index is 12.2. The van der Waals surface area contributed by atoms with Crippen molar-refractivity contribution in [1.29, 1.82) is 0 Å². The maximum absolute atomic E-state index is 12.2. The molecule has 0 fully saturated rings. The van der Waals surface area contributed by atoms with E-state index in [1.54, 1.807) is 13.2 Å². The summed E-state index contributed by atoms with van der Waals surface area (Å²) in [5.41, 5.74) is 3.35. The van der Waals surface area contributed by atoms with Gasteiger partial charge in [-0.15, -0.1) is 0 Å². The topological polar surface area (TPSA) is 57.4 Å². The van der Waals surface area contributed by atoms with Gasteiger partial charge < -0.3 is 19.9 Å². The van der Waals surface area contributed by atoms with Crippen molar-refractivity contribution in [3.8, 4) is 5.75 Å². The average Bonchev–Trinajstić information content (AvgIpc) is 2.78. The Bertz CT molecular complexity index is 1220. The van der Waals surface area contributed by atoms with Crippen molar-refractivity contribution in [3.05, 3.63) is 101 Å². The molecule has 0 radical (unpaired) electrons. The van der Waals surface area contributed by atoms with E-state index in [0.29, 0.717) is 11.7 Å². The van der Waals surface area contributed by atoms with Crippen LogP contribution in [0.25, 0.3) is 10.9 Å². The van der Waals surface area contributed by atoms with Crippen LogP contribution in [-0.2, 0) is 6.54 Å². The van der Waals surface area contributed by atoms with Crippen molar-refractivity contribution < 1.29 is 4.74 Å². The van der Waals surface area contributed by atoms with Gasteiger partial charge in [0.2, 0.25) is 5.56 Å². The number of nitrogens with zero attached hydrogens (tertiary/aromatic N) is 1. The maximum Gasteiger partial charge on any atom is 0.248 e. The summed E-state index contributed by atoms with van der Waals surface area (Å²) in [6.45, 7) is 0.440. The summed E-state index contributed by atoms with van der Waals surface area (Å²) in [5, 5.41) is 4.81. The Kier molecular flexibility index (Phi) is 5.77. The lowest BCUT2D eigenvalue weighted by Gasteiger charge is -2.27. The lowest BCUT2D eigenvalue weighted by Crippen LogP contribution is -2.34. The molecule has 2 N–H and O–H groups in total. The molecule has 0 spiro atoms. The molecule has 4 aromatic rings. The summed E-state index contributed by atoms with van der Waals surface area (Å²) in [6, 6.07) is 26.9. The number of pyridine rings is 1. The number of para-hydroxylation sites is 2. The van der Waals surface area contributed by atoms with Gasteiger partial charge in [-0.05, 0) is 60.2 Å². The summed E-state index contributed by atoms with van der Waals surface area (Å²) in [6.07, 6.45) is 0. The van der Waals surface area contributed by atoms with Gasteiger partial charge in [-0.1, -0.05) is 36.4 Å². The largest absolute Gasteiger partial charge is 0.497 e. The monoisotopic (exact) mass is 415 g/mol. The van der Waals surface area contributed by atoms with Crippen molar-refractivity contribution in [1.82, 2.24) is 4.98 Å². The first-order valence-corrected chi connectivity index (χ1v) is 9.93. The zero-order valence-corrected chi connectivity index (χ0v) is 17.3. The van der Waals surface area contributed by atoms with Crippen LogP contribution in [0.5, 0.6) is 5.75 Å². The molecule has 0 bridgehead atoms. The number of ether oxygens (including phenoxy) is 1. The Labute approximate surface area is 179 Å². The van der Waals surface area contributed by atoms with E-state index in [4.69, 9.17) is 17.0 Å². The van der Waals surface area contributed by atoms with E-state index in [-0.39, 0.29) is 5.56 Å². The highest BCUT2D eigenvalue weighted by Crippen LogP contribution is 2.24. The molecule has 0 saturated carbocycles. The van der Waals surface area contributed by atoms with Gasteiger partial charge >= 0.3 is 0 Å². The Morgan fingerprint density at radius 1 is 1.00 bits per heavy atom. The molecule has 0 atom stereocenters. The number of nitrogens with one attached hydrogen (secondary N) is 2. The fourth-order valence-corrected chi connectivity index (χ4v) is 3.62. The zero-order valence-electron chi connectivity index (χ0n) is 16.5. The van der Waals surface area contributed by atoms with Crippen molar-refractivity contribution in [2.45, 2.75) is 6.54 Å². The van der Waals surface area contributed by atoms with Gasteiger partial charge in [0.1, 0.15) is 5.75 Å². The number of methoxy groups -OCH3 is 1. The van der Waals surface area contributed by atoms with Gasteiger partial charge in [-0.2, -0.15) is 0 Å². The molecule has 0 amide bonds. The Morgan fingerprint density at radius 3 is 2.43 bits per heavy atom. The van der Waals surface area contributed by atoms with E-state index in [2.05, 4.69) is 10.3 Å². The molecule has 0 aliphatic heterocycles. The molecule has 1 aromatic heterocycles. The van der Waals surface area contributed by atoms with Crippen LogP contribution >= 0.6 is 12.2 Å². The second-order valence-electron chi connectivity index (χ2n) is 6.78. The molecule has 30 heavy (non-hydrogen) atoms. The average molecular weight is 416 g/mol. The summed E-state index contributed by atoms with van der Waals surface area (Å²) in [5.74, 6) is 0.766. The van der Waals surface area contributed by atoms with Crippen LogP contribution in [-0.4, -0.2) is 17.2 Å². The van der Waals surface area contributed by atoms with Crippen LogP contribution in [0.2, 0.25) is 0 Å². The van der Waals surface area contributed by atoms with E-state index in [9.17, 15) is 4.79 Å². The third-order valence-corrected chi connectivity index (χ3v) is 5.14. The number of thiocarbonyl (C=S) groups is 1. The summed E-state index contributed by atoms with van der Waals surface area (Å²) in [7, 11) is 1.64. The highest BCUT2D eigenvalue weighted by atomic mass is 32.1. The summed E-state index contributed by atoms with van der Waals surface area (Å²) >= 11 is 5.75. The van der Waals surface area contributed by atoms with Crippen LogP contribution < -0.4 is 20.5 Å². The SMILES string of the molecule is COc1ccc(N(Cc2cc(=O)[nH]c3ccccc23)C(=S)Nc2ccccc2)cc1. The number of hydrogen-bond donors (Lipinski definition) is 2. The van der Waals surface area contributed by atoms with E-state index in [0.717, 1.165) is 33.6 Å². The van der Waals surface area contributed by atoms with E-state index >= 15 is 0 Å². The van der Waals surface area contributed by atoms with Crippen LogP contribution in [0.15, 0.2) is 89.7 Å². The minimum atomic E-state index is -0.139. The smallest absolute Gasteiger partial charge is 0.248 e. The lowest BCUT2D eigenvalue weighted by atomic mass is 10.1. The Hall–Kier alpha value is -3.64. The Morgan fingerprint density at radius 2 is 1.70 bits per heavy atom. The van der Waals surface area contributed by atoms with Crippen molar-refractivity contribution in [3.63, 3.8) is 0 Å². The van der Waals surface area contributed by atoms with E-state index < -0.39 is 0 Å². The van der Waals surface area contributed by atoms with Crippen LogP contribution in [0, 0.1) is 0 Å². The fraction of sp³-hybridized carbons (Fsp3) is 0.0833. The van der Waals surface area contributed by atoms with E-state index in [1.165, 1.54) is 0 Å². The molecule has 0 aliphatic rings. The van der Waals surface area contributed by atoms with Gasteiger partial charge in [0.25, 0.3) is 0 Å². The number of aromatic amines is 1. The molecule has 0 saturated heterocycles. The fourth-order valence-electron chi connectivity index (χ4n) is 3.33. The number of hydrogen-bond acceptors (Lipinski definition) is 3. The van der Waals surface area contributed by atoms with Crippen molar-refractivity contribution in [2.75, 3.05) is 17.3 Å². The predicted molar refractivity (Wildman–Crippen MR) is 126 cm³/mol. The molecular formula is C24H21N3O2S. The van der Waals surface area contributed by atoms with Crippen molar-refractivity contribution in [2.24, 2.45) is 0 Å². The first-order valence-electron chi connectivity index (χ1n) is 9.52. The molecule has 3 aromatic carbocycles. The van der Waals surface area contributed by atoms with Crippen molar-refractivity contribution >= 4 is 39.6 Å². The third kappa shape index (κ3) is 4.34. The zero-order chi connectivity index (χ0) is 20.9. The number of fused-ring (bicyclic) bond motifs is 1. The van der Waals surface area contributed by atoms with Gasteiger partial charge in [-0.25, -0.2) is 0 Å². The molecule has 0 aliphatic carbocycles. The number of aromatic nitrogens is 1. The highest BCUT2D eigenvalue weighted by molar-refractivity contribution is 7.80. The van der Waals surface area contributed by atoms with Gasteiger partial charge in [-0.3, -0.25) is 4.79 Å². The molecule has 4 rings (SSSR count).